The van der Waals surface area contributed by atoms with Gasteiger partial charge in [-0.15, -0.1) is 0 Å². The first-order valence-corrected chi connectivity index (χ1v) is 10.8. The molecule has 1 aromatic carbocycles. The number of rotatable bonds is 6. The van der Waals surface area contributed by atoms with Crippen molar-refractivity contribution in [2.24, 2.45) is 0 Å². The Kier molecular flexibility index (Phi) is 6.10. The van der Waals surface area contributed by atoms with E-state index in [-0.39, 0.29) is 11.9 Å². The highest BCUT2D eigenvalue weighted by atomic mass is 16.2. The predicted molar refractivity (Wildman–Crippen MR) is 111 cm³/mol. The van der Waals surface area contributed by atoms with Crippen molar-refractivity contribution in [1.82, 2.24) is 19.8 Å². The maximum atomic E-state index is 12.7. The lowest BCUT2D eigenvalue weighted by Gasteiger charge is -2.33. The van der Waals surface area contributed by atoms with E-state index in [1.807, 2.05) is 13.3 Å². The summed E-state index contributed by atoms with van der Waals surface area (Å²) in [5.74, 6) is 0.180. The SMILES string of the molecule is C[C@@H](C(=O)NC1CCCCC1)N1CCc2c(ncn2CCc2ccccc2)C1. The van der Waals surface area contributed by atoms with Gasteiger partial charge in [0.05, 0.1) is 18.1 Å². The Morgan fingerprint density at radius 3 is 2.79 bits per heavy atom. The quantitative estimate of drug-likeness (QED) is 0.836. The first-order valence-electron chi connectivity index (χ1n) is 10.8. The third kappa shape index (κ3) is 4.46. The lowest BCUT2D eigenvalue weighted by Crippen LogP contribution is -2.50. The van der Waals surface area contributed by atoms with E-state index in [1.165, 1.54) is 30.5 Å². The molecule has 0 saturated heterocycles. The number of hydrogen-bond donors (Lipinski definition) is 1. The fourth-order valence-electron chi connectivity index (χ4n) is 4.54. The molecule has 0 bridgehead atoms. The van der Waals surface area contributed by atoms with Crippen LogP contribution in [-0.4, -0.2) is 39.0 Å². The van der Waals surface area contributed by atoms with Crippen LogP contribution in [-0.2, 0) is 30.7 Å². The molecule has 1 N–H and O–H groups in total. The van der Waals surface area contributed by atoms with E-state index in [0.29, 0.717) is 6.04 Å². The van der Waals surface area contributed by atoms with Crippen LogP contribution < -0.4 is 5.32 Å². The number of imidazole rings is 1. The van der Waals surface area contributed by atoms with Gasteiger partial charge in [-0.05, 0) is 31.7 Å². The van der Waals surface area contributed by atoms with E-state index in [9.17, 15) is 4.79 Å². The van der Waals surface area contributed by atoms with Gasteiger partial charge in [0.15, 0.2) is 0 Å². The van der Waals surface area contributed by atoms with Crippen LogP contribution in [0, 0.1) is 0 Å². The Labute approximate surface area is 168 Å². The first-order chi connectivity index (χ1) is 13.7. The molecule has 2 heterocycles. The maximum Gasteiger partial charge on any atom is 0.237 e. The lowest BCUT2D eigenvalue weighted by molar-refractivity contribution is -0.127. The average molecular weight is 381 g/mol. The molecule has 1 aliphatic carbocycles. The number of nitrogens with one attached hydrogen (secondary N) is 1. The number of benzene rings is 1. The van der Waals surface area contributed by atoms with Gasteiger partial charge in [0.2, 0.25) is 5.91 Å². The van der Waals surface area contributed by atoms with Gasteiger partial charge in [0.25, 0.3) is 0 Å². The lowest BCUT2D eigenvalue weighted by atomic mass is 9.95. The molecule has 2 aliphatic rings. The minimum atomic E-state index is -0.0930. The van der Waals surface area contributed by atoms with Crippen LogP contribution in [0.25, 0.3) is 0 Å². The summed E-state index contributed by atoms with van der Waals surface area (Å²) in [5, 5.41) is 3.28. The molecule has 0 radical (unpaired) electrons. The van der Waals surface area contributed by atoms with E-state index in [1.54, 1.807) is 0 Å². The first kappa shape index (κ1) is 19.2. The van der Waals surface area contributed by atoms with Gasteiger partial charge in [-0.1, -0.05) is 49.6 Å². The second-order valence-electron chi connectivity index (χ2n) is 8.31. The van der Waals surface area contributed by atoms with E-state index in [0.717, 1.165) is 51.0 Å². The Morgan fingerprint density at radius 2 is 2.00 bits per heavy atom. The topological polar surface area (TPSA) is 50.2 Å². The van der Waals surface area contributed by atoms with Gasteiger partial charge in [0.1, 0.15) is 0 Å². The summed E-state index contributed by atoms with van der Waals surface area (Å²) in [6, 6.07) is 10.9. The van der Waals surface area contributed by atoms with E-state index < -0.39 is 0 Å². The van der Waals surface area contributed by atoms with Crippen LogP contribution in [0.15, 0.2) is 36.7 Å². The van der Waals surface area contributed by atoms with E-state index >= 15 is 0 Å². The van der Waals surface area contributed by atoms with Gasteiger partial charge in [-0.2, -0.15) is 0 Å². The zero-order chi connectivity index (χ0) is 19.3. The highest BCUT2D eigenvalue weighted by Gasteiger charge is 2.29. The molecule has 4 rings (SSSR count). The number of aromatic nitrogens is 2. The summed E-state index contributed by atoms with van der Waals surface area (Å²) in [6.07, 6.45) is 10.0. The zero-order valence-corrected chi connectivity index (χ0v) is 16.9. The number of carbonyl (C=O) groups excluding carboxylic acids is 1. The molecular formula is C23H32N4O. The second kappa shape index (κ2) is 8.91. The minimum absolute atomic E-state index is 0.0930. The molecular weight excluding hydrogens is 348 g/mol. The minimum Gasteiger partial charge on any atom is -0.352 e. The molecule has 5 nitrogen and oxygen atoms in total. The van der Waals surface area contributed by atoms with Crippen molar-refractivity contribution < 1.29 is 4.79 Å². The average Bonchev–Trinajstić information content (AvgIpc) is 3.15. The Balaban J connectivity index is 1.33. The third-order valence-electron chi connectivity index (χ3n) is 6.38. The van der Waals surface area contributed by atoms with Gasteiger partial charge < -0.3 is 9.88 Å². The molecule has 1 fully saturated rings. The van der Waals surface area contributed by atoms with Crippen molar-refractivity contribution in [1.29, 1.82) is 0 Å². The molecule has 1 atom stereocenters. The summed E-state index contributed by atoms with van der Waals surface area (Å²) in [5.41, 5.74) is 3.83. The largest absolute Gasteiger partial charge is 0.352 e. The summed E-state index contributed by atoms with van der Waals surface area (Å²) in [7, 11) is 0. The van der Waals surface area contributed by atoms with Crippen LogP contribution in [0.2, 0.25) is 0 Å². The van der Waals surface area contributed by atoms with Crippen molar-refractivity contribution in [2.45, 2.75) is 77.0 Å². The van der Waals surface area contributed by atoms with Gasteiger partial charge >= 0.3 is 0 Å². The molecule has 0 spiro atoms. The van der Waals surface area contributed by atoms with Gasteiger partial charge in [-0.25, -0.2) is 4.98 Å². The molecule has 150 valence electrons. The van der Waals surface area contributed by atoms with E-state index in [2.05, 4.69) is 50.1 Å². The van der Waals surface area contributed by atoms with E-state index in [4.69, 9.17) is 0 Å². The number of amides is 1. The van der Waals surface area contributed by atoms with Crippen molar-refractivity contribution in [3.8, 4) is 0 Å². The smallest absolute Gasteiger partial charge is 0.237 e. The van der Waals surface area contributed by atoms with Crippen LogP contribution in [0.3, 0.4) is 0 Å². The molecule has 28 heavy (non-hydrogen) atoms. The normalized spacial score (nSPS) is 19.2. The fraction of sp³-hybridized carbons (Fsp3) is 0.565. The van der Waals surface area contributed by atoms with Gasteiger partial charge in [-0.3, -0.25) is 9.69 Å². The molecule has 2 aromatic rings. The summed E-state index contributed by atoms with van der Waals surface area (Å²) in [6.45, 7) is 4.69. The molecule has 1 aromatic heterocycles. The maximum absolute atomic E-state index is 12.7. The standard InChI is InChI=1S/C23H32N4O/c1-18(23(28)25-20-10-6-3-7-11-20)26-15-13-22-21(16-26)24-17-27(22)14-12-19-8-4-2-5-9-19/h2,4-5,8-9,17-18,20H,3,6-7,10-16H2,1H3,(H,25,28)/t18-/m0/s1. The predicted octanol–water partition coefficient (Wildman–Crippen LogP) is 3.32. The van der Waals surface area contributed by atoms with Crippen LogP contribution in [0.1, 0.15) is 56.0 Å². The molecule has 1 saturated carbocycles. The highest BCUT2D eigenvalue weighted by Crippen LogP contribution is 2.21. The number of carbonyl (C=O) groups is 1. The monoisotopic (exact) mass is 380 g/mol. The zero-order valence-electron chi connectivity index (χ0n) is 16.9. The second-order valence-corrected chi connectivity index (χ2v) is 8.31. The fourth-order valence-corrected chi connectivity index (χ4v) is 4.54. The van der Waals surface area contributed by atoms with Gasteiger partial charge in [0, 0.05) is 37.8 Å². The van der Waals surface area contributed by atoms with Crippen molar-refractivity contribution in [2.75, 3.05) is 6.54 Å². The number of hydrogen-bond acceptors (Lipinski definition) is 3. The Morgan fingerprint density at radius 1 is 1.21 bits per heavy atom. The van der Waals surface area contributed by atoms with Crippen LogP contribution in [0.5, 0.6) is 0 Å². The van der Waals surface area contributed by atoms with Crippen LogP contribution in [0.4, 0.5) is 0 Å². The molecule has 1 amide bonds. The van der Waals surface area contributed by atoms with Crippen LogP contribution >= 0.6 is 0 Å². The summed E-state index contributed by atoms with van der Waals surface area (Å²) < 4.78 is 2.30. The Hall–Kier alpha value is -2.14. The third-order valence-corrected chi connectivity index (χ3v) is 6.38. The van der Waals surface area contributed by atoms with Crippen molar-refractivity contribution >= 4 is 5.91 Å². The van der Waals surface area contributed by atoms with Crippen molar-refractivity contribution in [3.63, 3.8) is 0 Å². The summed E-state index contributed by atoms with van der Waals surface area (Å²) in [4.78, 5) is 19.6. The molecule has 5 heteroatoms. The van der Waals surface area contributed by atoms with Crippen molar-refractivity contribution in [3.05, 3.63) is 53.6 Å². The Bertz CT molecular complexity index is 779. The summed E-state index contributed by atoms with van der Waals surface area (Å²) >= 11 is 0. The number of aryl methyl sites for hydroxylation is 2. The molecule has 0 unspecified atom stereocenters. The molecule has 1 aliphatic heterocycles. The highest BCUT2D eigenvalue weighted by molar-refractivity contribution is 5.81. The number of nitrogens with zero attached hydrogens (tertiary/aromatic N) is 3. The number of fused-ring (bicyclic) bond motifs is 1.